The number of benzene rings is 2. The third kappa shape index (κ3) is 5.76. The number of halogens is 1. The van der Waals surface area contributed by atoms with Gasteiger partial charge in [-0.2, -0.15) is 0 Å². The molecule has 3 N–H and O–H groups in total. The number of para-hydroxylation sites is 1. The lowest BCUT2D eigenvalue weighted by Crippen LogP contribution is -2.23. The number of nitrogens with one attached hydrogen (secondary N) is 3. The van der Waals surface area contributed by atoms with E-state index in [4.69, 9.17) is 0 Å². The second-order valence-electron chi connectivity index (χ2n) is 6.51. The summed E-state index contributed by atoms with van der Waals surface area (Å²) in [4.78, 5) is 39.3. The number of carbonyl (C=O) groups is 2. The van der Waals surface area contributed by atoms with Crippen molar-refractivity contribution in [1.29, 1.82) is 0 Å². The van der Waals surface area contributed by atoms with E-state index in [1.54, 1.807) is 38.1 Å². The fourth-order valence-corrected chi connectivity index (χ4v) is 3.33. The third-order valence-corrected chi connectivity index (χ3v) is 5.20. The fraction of sp³-hybridized carbons (Fsp3) is 0.190. The van der Waals surface area contributed by atoms with Crippen LogP contribution >= 0.6 is 11.8 Å². The van der Waals surface area contributed by atoms with Gasteiger partial charge in [0, 0.05) is 17.7 Å². The van der Waals surface area contributed by atoms with Crippen LogP contribution in [0.1, 0.15) is 20.3 Å². The number of rotatable bonds is 7. The van der Waals surface area contributed by atoms with Crippen LogP contribution in [0.5, 0.6) is 0 Å². The van der Waals surface area contributed by atoms with Gasteiger partial charge in [-0.05, 0) is 37.3 Å². The monoisotopic (exact) mass is 441 g/mol. The van der Waals surface area contributed by atoms with Crippen LogP contribution in [-0.4, -0.2) is 32.2 Å². The average molecular weight is 441 g/mol. The Morgan fingerprint density at radius 3 is 2.48 bits per heavy atom. The Labute approximate surface area is 181 Å². The first kappa shape index (κ1) is 22.2. The molecular weight excluding hydrogens is 421 g/mol. The molecule has 1 heterocycles. The summed E-state index contributed by atoms with van der Waals surface area (Å²) in [5, 5.41) is 13.0. The van der Waals surface area contributed by atoms with Crippen LogP contribution < -0.4 is 16.2 Å². The molecule has 0 radical (unpaired) electrons. The van der Waals surface area contributed by atoms with Gasteiger partial charge in [-0.25, -0.2) is 4.39 Å². The summed E-state index contributed by atoms with van der Waals surface area (Å²) in [5.74, 6) is -0.926. The molecule has 8 nitrogen and oxygen atoms in total. The van der Waals surface area contributed by atoms with Crippen molar-refractivity contribution in [2.45, 2.75) is 30.7 Å². The van der Waals surface area contributed by atoms with Gasteiger partial charge in [0.2, 0.25) is 11.8 Å². The Morgan fingerprint density at radius 1 is 1.10 bits per heavy atom. The summed E-state index contributed by atoms with van der Waals surface area (Å²) >= 11 is 1.03. The number of H-pyrrole nitrogens is 1. The molecule has 3 rings (SSSR count). The van der Waals surface area contributed by atoms with Gasteiger partial charge in [-0.15, -0.1) is 10.2 Å². The van der Waals surface area contributed by atoms with E-state index in [2.05, 4.69) is 25.8 Å². The number of carbonyl (C=O) groups excluding carboxylic acids is 2. The van der Waals surface area contributed by atoms with Crippen LogP contribution in [-0.2, 0) is 9.59 Å². The second kappa shape index (κ2) is 9.98. The van der Waals surface area contributed by atoms with Crippen LogP contribution in [0, 0.1) is 5.82 Å². The minimum atomic E-state index is -0.600. The van der Waals surface area contributed by atoms with Crippen molar-refractivity contribution in [3.63, 3.8) is 0 Å². The summed E-state index contributed by atoms with van der Waals surface area (Å²) in [6.45, 7) is 3.37. The van der Waals surface area contributed by atoms with Crippen molar-refractivity contribution in [2.75, 3.05) is 10.6 Å². The Bertz CT molecular complexity index is 1150. The minimum Gasteiger partial charge on any atom is -0.325 e. The van der Waals surface area contributed by atoms with Crippen molar-refractivity contribution >= 4 is 35.0 Å². The van der Waals surface area contributed by atoms with Crippen molar-refractivity contribution in [3.8, 4) is 11.3 Å². The highest BCUT2D eigenvalue weighted by Crippen LogP contribution is 2.25. The molecule has 2 amide bonds. The molecule has 0 aliphatic rings. The molecule has 0 saturated carbocycles. The van der Waals surface area contributed by atoms with Gasteiger partial charge in [0.1, 0.15) is 5.82 Å². The van der Waals surface area contributed by atoms with E-state index < -0.39 is 16.6 Å². The summed E-state index contributed by atoms with van der Waals surface area (Å²) in [6, 6.07) is 12.2. The first-order chi connectivity index (χ1) is 14.9. The van der Waals surface area contributed by atoms with Gasteiger partial charge >= 0.3 is 0 Å². The lowest BCUT2D eigenvalue weighted by atomic mass is 10.1. The lowest BCUT2D eigenvalue weighted by Gasteiger charge is -2.12. The highest BCUT2D eigenvalue weighted by molar-refractivity contribution is 8.00. The number of nitrogens with zero attached hydrogens (tertiary/aromatic N) is 2. The zero-order chi connectivity index (χ0) is 22.4. The summed E-state index contributed by atoms with van der Waals surface area (Å²) in [5.41, 5.74) is 0.916. The molecule has 0 aliphatic heterocycles. The Kier molecular flexibility index (Phi) is 7.14. The van der Waals surface area contributed by atoms with E-state index in [1.165, 1.54) is 24.3 Å². The van der Waals surface area contributed by atoms with E-state index >= 15 is 0 Å². The summed E-state index contributed by atoms with van der Waals surface area (Å²) < 4.78 is 13.0. The number of hydrogen-bond acceptors (Lipinski definition) is 6. The maximum absolute atomic E-state index is 13.0. The fourth-order valence-electron chi connectivity index (χ4n) is 2.59. The number of aromatic amines is 1. The zero-order valence-electron chi connectivity index (χ0n) is 16.8. The van der Waals surface area contributed by atoms with Gasteiger partial charge in [-0.3, -0.25) is 19.4 Å². The van der Waals surface area contributed by atoms with Crippen molar-refractivity contribution in [3.05, 3.63) is 64.7 Å². The second-order valence-corrected chi connectivity index (χ2v) is 7.84. The molecule has 0 bridgehead atoms. The maximum Gasteiger partial charge on any atom is 0.278 e. The molecule has 10 heteroatoms. The topological polar surface area (TPSA) is 117 Å². The van der Waals surface area contributed by atoms with Crippen LogP contribution in [0.15, 0.2) is 58.5 Å². The standard InChI is InChI=1S/C21H20FN5O3S/c1-3-17(28)24-16-7-5-4-6-15(16)18-20(30)25-21(27-26-18)31-12(2)19(29)23-14-10-8-13(22)9-11-14/h4-12H,3H2,1-2H3,(H,23,29)(H,24,28)(H,25,27,30)/t12-/m0/s1. The van der Waals surface area contributed by atoms with E-state index in [1.807, 2.05) is 0 Å². The van der Waals surface area contributed by atoms with E-state index in [0.29, 0.717) is 23.4 Å². The molecule has 31 heavy (non-hydrogen) atoms. The molecule has 0 unspecified atom stereocenters. The third-order valence-electron chi connectivity index (χ3n) is 4.22. The largest absolute Gasteiger partial charge is 0.325 e. The first-order valence-electron chi connectivity index (χ1n) is 9.46. The van der Waals surface area contributed by atoms with Crippen LogP contribution in [0.2, 0.25) is 0 Å². The van der Waals surface area contributed by atoms with Crippen LogP contribution in [0.3, 0.4) is 0 Å². The first-order valence-corrected chi connectivity index (χ1v) is 10.3. The van der Waals surface area contributed by atoms with E-state index in [9.17, 15) is 18.8 Å². The van der Waals surface area contributed by atoms with Crippen molar-refractivity contribution in [1.82, 2.24) is 15.2 Å². The molecule has 0 aliphatic carbocycles. The number of anilines is 2. The summed E-state index contributed by atoms with van der Waals surface area (Å²) in [6.07, 6.45) is 0.295. The highest BCUT2D eigenvalue weighted by atomic mass is 32.2. The molecule has 0 spiro atoms. The average Bonchev–Trinajstić information content (AvgIpc) is 2.76. The Balaban J connectivity index is 1.74. The number of aromatic nitrogens is 3. The molecule has 160 valence electrons. The van der Waals surface area contributed by atoms with E-state index in [-0.39, 0.29) is 22.7 Å². The molecule has 2 aromatic carbocycles. The van der Waals surface area contributed by atoms with Gasteiger partial charge < -0.3 is 10.6 Å². The maximum atomic E-state index is 13.0. The van der Waals surface area contributed by atoms with Crippen molar-refractivity contribution < 1.29 is 14.0 Å². The highest BCUT2D eigenvalue weighted by Gasteiger charge is 2.18. The lowest BCUT2D eigenvalue weighted by molar-refractivity contribution is -0.116. The zero-order valence-corrected chi connectivity index (χ0v) is 17.6. The molecule has 1 atom stereocenters. The molecular formula is C21H20FN5O3S. The quantitative estimate of drug-likeness (QED) is 0.484. The normalized spacial score (nSPS) is 11.6. The number of hydrogen-bond donors (Lipinski definition) is 3. The number of thioether (sulfide) groups is 1. The molecule has 0 fully saturated rings. The predicted octanol–water partition coefficient (Wildman–Crippen LogP) is 3.44. The summed E-state index contributed by atoms with van der Waals surface area (Å²) in [7, 11) is 0. The SMILES string of the molecule is CCC(=O)Nc1ccccc1-c1nnc(S[C@@H](C)C(=O)Nc2ccc(F)cc2)[nH]c1=O. The van der Waals surface area contributed by atoms with Gasteiger partial charge in [0.05, 0.1) is 10.9 Å². The van der Waals surface area contributed by atoms with Crippen LogP contribution in [0.4, 0.5) is 15.8 Å². The smallest absolute Gasteiger partial charge is 0.278 e. The van der Waals surface area contributed by atoms with Gasteiger partial charge in [-0.1, -0.05) is 36.9 Å². The van der Waals surface area contributed by atoms with Gasteiger partial charge in [0.15, 0.2) is 10.9 Å². The van der Waals surface area contributed by atoms with E-state index in [0.717, 1.165) is 11.8 Å². The Hall–Kier alpha value is -3.53. The Morgan fingerprint density at radius 2 is 1.81 bits per heavy atom. The van der Waals surface area contributed by atoms with Gasteiger partial charge in [0.25, 0.3) is 5.56 Å². The van der Waals surface area contributed by atoms with Crippen molar-refractivity contribution in [2.24, 2.45) is 0 Å². The molecule has 3 aromatic rings. The number of amides is 2. The molecule has 0 saturated heterocycles. The van der Waals surface area contributed by atoms with Crippen LogP contribution in [0.25, 0.3) is 11.3 Å². The molecule has 1 aromatic heterocycles. The predicted molar refractivity (Wildman–Crippen MR) is 117 cm³/mol. The minimum absolute atomic E-state index is 0.0553.